The molecule has 2 aromatic heterocycles. The van der Waals surface area contributed by atoms with Gasteiger partial charge in [0.05, 0.1) is 10.7 Å². The number of aromatic amines is 1. The molecule has 2 rings (SSSR count). The Balaban J connectivity index is 2.23. The van der Waals surface area contributed by atoms with Crippen LogP contribution in [0.1, 0.15) is 35.6 Å². The lowest BCUT2D eigenvalue weighted by Crippen LogP contribution is -2.01. The minimum atomic E-state index is 0.661. The van der Waals surface area contributed by atoms with Crippen molar-refractivity contribution in [2.75, 3.05) is 0 Å². The van der Waals surface area contributed by atoms with Crippen LogP contribution in [0.15, 0.2) is 11.4 Å². The van der Waals surface area contributed by atoms with Crippen molar-refractivity contribution in [2.24, 2.45) is 0 Å². The maximum absolute atomic E-state index is 5.17. The van der Waals surface area contributed by atoms with E-state index in [1.54, 1.807) is 11.3 Å². The molecule has 0 aromatic carbocycles. The molecule has 5 heteroatoms. The zero-order valence-electron chi connectivity index (χ0n) is 9.99. The summed E-state index contributed by atoms with van der Waals surface area (Å²) in [7, 11) is 0. The van der Waals surface area contributed by atoms with E-state index in [1.165, 1.54) is 0 Å². The standard InChI is InChI=1S/C12H15N3S2/c1-3-4-9-6-12(16)15-11(14-9)5-10-7-17-8(2)13-10/h6-7H,3-5H2,1-2H3,(H,14,15,16). The van der Waals surface area contributed by atoms with Crippen molar-refractivity contribution in [3.05, 3.63) is 38.3 Å². The third-order valence-electron chi connectivity index (χ3n) is 2.38. The molecule has 0 aliphatic rings. The van der Waals surface area contributed by atoms with Gasteiger partial charge in [0.2, 0.25) is 0 Å². The van der Waals surface area contributed by atoms with Crippen molar-refractivity contribution in [3.63, 3.8) is 0 Å². The molecule has 0 atom stereocenters. The predicted molar refractivity (Wildman–Crippen MR) is 73.1 cm³/mol. The van der Waals surface area contributed by atoms with Gasteiger partial charge < -0.3 is 4.98 Å². The van der Waals surface area contributed by atoms with Crippen molar-refractivity contribution in [1.82, 2.24) is 15.0 Å². The van der Waals surface area contributed by atoms with Crippen molar-refractivity contribution in [1.29, 1.82) is 0 Å². The van der Waals surface area contributed by atoms with Crippen LogP contribution in [0.4, 0.5) is 0 Å². The maximum atomic E-state index is 5.17. The van der Waals surface area contributed by atoms with Crippen LogP contribution in [0.2, 0.25) is 0 Å². The van der Waals surface area contributed by atoms with Gasteiger partial charge in [-0.25, -0.2) is 9.97 Å². The van der Waals surface area contributed by atoms with E-state index >= 15 is 0 Å². The molecule has 0 fully saturated rings. The van der Waals surface area contributed by atoms with Gasteiger partial charge in [-0.3, -0.25) is 0 Å². The van der Waals surface area contributed by atoms with E-state index in [-0.39, 0.29) is 0 Å². The fourth-order valence-corrected chi connectivity index (χ4v) is 2.58. The first-order valence-electron chi connectivity index (χ1n) is 5.67. The van der Waals surface area contributed by atoms with Crippen molar-refractivity contribution in [3.8, 4) is 0 Å². The average molecular weight is 265 g/mol. The second-order valence-corrected chi connectivity index (χ2v) is 5.46. The van der Waals surface area contributed by atoms with E-state index in [4.69, 9.17) is 12.2 Å². The van der Waals surface area contributed by atoms with Gasteiger partial charge >= 0.3 is 0 Å². The monoisotopic (exact) mass is 265 g/mol. The molecule has 0 bridgehead atoms. The van der Waals surface area contributed by atoms with E-state index in [0.717, 1.165) is 41.5 Å². The van der Waals surface area contributed by atoms with Crippen LogP contribution in [0.3, 0.4) is 0 Å². The summed E-state index contributed by atoms with van der Waals surface area (Å²) >= 11 is 6.84. The Bertz CT molecular complexity index is 557. The molecule has 2 heterocycles. The van der Waals surface area contributed by atoms with Gasteiger partial charge in [0.15, 0.2) is 0 Å². The molecule has 0 radical (unpaired) electrons. The highest BCUT2D eigenvalue weighted by Crippen LogP contribution is 2.11. The summed E-state index contributed by atoms with van der Waals surface area (Å²) in [6.45, 7) is 4.16. The zero-order valence-corrected chi connectivity index (χ0v) is 11.6. The molecular formula is C12H15N3S2. The number of aryl methyl sites for hydroxylation is 2. The van der Waals surface area contributed by atoms with Crippen molar-refractivity contribution >= 4 is 23.6 Å². The van der Waals surface area contributed by atoms with E-state index in [2.05, 4.69) is 27.3 Å². The average Bonchev–Trinajstić information content (AvgIpc) is 2.63. The Morgan fingerprint density at radius 2 is 2.24 bits per heavy atom. The summed E-state index contributed by atoms with van der Waals surface area (Å²) < 4.78 is 0.661. The Hall–Kier alpha value is -1.07. The SMILES string of the molecule is CCCc1cc(=S)nc(Cc2csc(C)n2)[nH]1. The molecule has 0 spiro atoms. The van der Waals surface area contributed by atoms with Crippen LogP contribution < -0.4 is 0 Å². The summed E-state index contributed by atoms with van der Waals surface area (Å²) in [4.78, 5) is 12.1. The summed E-state index contributed by atoms with van der Waals surface area (Å²) in [5.74, 6) is 0.909. The van der Waals surface area contributed by atoms with Crippen LogP contribution in [-0.4, -0.2) is 15.0 Å². The number of thiazole rings is 1. The molecule has 1 N–H and O–H groups in total. The highest BCUT2D eigenvalue weighted by molar-refractivity contribution is 7.71. The van der Waals surface area contributed by atoms with E-state index in [9.17, 15) is 0 Å². The molecule has 3 nitrogen and oxygen atoms in total. The lowest BCUT2D eigenvalue weighted by molar-refractivity contribution is 0.833. The largest absolute Gasteiger partial charge is 0.347 e. The van der Waals surface area contributed by atoms with Crippen molar-refractivity contribution in [2.45, 2.75) is 33.1 Å². The van der Waals surface area contributed by atoms with Gasteiger partial charge in [0, 0.05) is 17.5 Å². The van der Waals surface area contributed by atoms with E-state index < -0.39 is 0 Å². The fraction of sp³-hybridized carbons (Fsp3) is 0.417. The van der Waals surface area contributed by atoms with Crippen LogP contribution in [0.5, 0.6) is 0 Å². The first kappa shape index (κ1) is 12.4. The Morgan fingerprint density at radius 1 is 1.41 bits per heavy atom. The molecule has 0 unspecified atom stereocenters. The Labute approximate surface area is 110 Å². The molecule has 0 aliphatic heterocycles. The van der Waals surface area contributed by atoms with Gasteiger partial charge in [-0.15, -0.1) is 11.3 Å². The van der Waals surface area contributed by atoms with Crippen LogP contribution in [-0.2, 0) is 12.8 Å². The first-order valence-corrected chi connectivity index (χ1v) is 6.96. The van der Waals surface area contributed by atoms with Gasteiger partial charge in [-0.1, -0.05) is 25.6 Å². The number of hydrogen-bond acceptors (Lipinski definition) is 4. The summed E-state index contributed by atoms with van der Waals surface area (Å²) in [6.07, 6.45) is 2.84. The fourth-order valence-electron chi connectivity index (χ4n) is 1.71. The Morgan fingerprint density at radius 3 is 2.88 bits per heavy atom. The van der Waals surface area contributed by atoms with Crippen LogP contribution in [0, 0.1) is 11.6 Å². The molecule has 0 amide bonds. The third kappa shape index (κ3) is 3.44. The van der Waals surface area contributed by atoms with Gasteiger partial charge in [-0.05, 0) is 19.4 Å². The molecule has 2 aromatic rings. The highest BCUT2D eigenvalue weighted by Gasteiger charge is 2.03. The smallest absolute Gasteiger partial charge is 0.130 e. The van der Waals surface area contributed by atoms with Crippen LogP contribution >= 0.6 is 23.6 Å². The lowest BCUT2D eigenvalue weighted by Gasteiger charge is -2.03. The second-order valence-electron chi connectivity index (χ2n) is 3.98. The minimum Gasteiger partial charge on any atom is -0.347 e. The minimum absolute atomic E-state index is 0.661. The number of nitrogens with one attached hydrogen (secondary N) is 1. The van der Waals surface area contributed by atoms with Gasteiger partial charge in [0.1, 0.15) is 10.5 Å². The highest BCUT2D eigenvalue weighted by atomic mass is 32.1. The van der Waals surface area contributed by atoms with Gasteiger partial charge in [-0.2, -0.15) is 0 Å². The summed E-state index contributed by atoms with van der Waals surface area (Å²) in [5.41, 5.74) is 2.22. The molecule has 90 valence electrons. The van der Waals surface area contributed by atoms with Crippen molar-refractivity contribution < 1.29 is 0 Å². The van der Waals surface area contributed by atoms with Gasteiger partial charge in [0.25, 0.3) is 0 Å². The predicted octanol–water partition coefficient (Wildman–Crippen LogP) is 3.45. The molecule has 0 saturated heterocycles. The molecule has 0 aliphatic carbocycles. The summed E-state index contributed by atoms with van der Waals surface area (Å²) in [5, 5.41) is 3.16. The summed E-state index contributed by atoms with van der Waals surface area (Å²) in [6, 6.07) is 1.94. The number of aromatic nitrogens is 3. The Kier molecular flexibility index (Phi) is 4.02. The number of hydrogen-bond donors (Lipinski definition) is 1. The zero-order chi connectivity index (χ0) is 12.3. The number of nitrogens with zero attached hydrogens (tertiary/aromatic N) is 2. The normalized spacial score (nSPS) is 10.7. The molecule has 0 saturated carbocycles. The second kappa shape index (κ2) is 5.51. The van der Waals surface area contributed by atoms with Crippen LogP contribution in [0.25, 0.3) is 0 Å². The lowest BCUT2D eigenvalue weighted by atomic mass is 10.2. The maximum Gasteiger partial charge on any atom is 0.130 e. The third-order valence-corrected chi connectivity index (χ3v) is 3.41. The quantitative estimate of drug-likeness (QED) is 0.861. The van der Waals surface area contributed by atoms with E-state index in [1.807, 2.05) is 13.0 Å². The topological polar surface area (TPSA) is 41.6 Å². The first-order chi connectivity index (χ1) is 8.17. The number of rotatable bonds is 4. The number of H-pyrrole nitrogens is 1. The molecular weight excluding hydrogens is 250 g/mol. The van der Waals surface area contributed by atoms with E-state index in [0.29, 0.717) is 4.64 Å². The molecule has 17 heavy (non-hydrogen) atoms.